The van der Waals surface area contributed by atoms with Gasteiger partial charge in [0, 0.05) is 16.6 Å². The van der Waals surface area contributed by atoms with Gasteiger partial charge in [-0.1, -0.05) is 12.1 Å². The summed E-state index contributed by atoms with van der Waals surface area (Å²) in [5.74, 6) is 0.156. The summed E-state index contributed by atoms with van der Waals surface area (Å²) in [4.78, 5) is 0.550. The van der Waals surface area contributed by atoms with E-state index in [0.29, 0.717) is 4.88 Å². The molecule has 0 aliphatic heterocycles. The molecular weight excluding hydrogens is 198 g/mol. The van der Waals surface area contributed by atoms with E-state index >= 15 is 0 Å². The van der Waals surface area contributed by atoms with Crippen molar-refractivity contribution in [3.8, 4) is 5.75 Å². The topological polar surface area (TPSA) is 66.5 Å². The van der Waals surface area contributed by atoms with E-state index in [2.05, 4.69) is 0 Å². The first-order chi connectivity index (χ1) is 6.74. The van der Waals surface area contributed by atoms with E-state index in [9.17, 15) is 10.2 Å². The zero-order valence-electron chi connectivity index (χ0n) is 7.47. The Kier molecular flexibility index (Phi) is 2.41. The van der Waals surface area contributed by atoms with Crippen LogP contribution in [-0.4, -0.2) is 16.8 Å². The molecule has 1 heterocycles. The van der Waals surface area contributed by atoms with Crippen LogP contribution in [0.15, 0.2) is 24.3 Å². The van der Waals surface area contributed by atoms with Crippen LogP contribution < -0.4 is 5.73 Å². The number of nitrogens with two attached hydrogens (primary N) is 1. The van der Waals surface area contributed by atoms with Crippen LogP contribution in [0.2, 0.25) is 0 Å². The van der Waals surface area contributed by atoms with Crippen molar-refractivity contribution >= 4 is 21.4 Å². The van der Waals surface area contributed by atoms with Crippen molar-refractivity contribution in [1.29, 1.82) is 0 Å². The highest BCUT2D eigenvalue weighted by Crippen LogP contribution is 2.39. The number of aliphatic hydroxyl groups excluding tert-OH is 1. The Morgan fingerprint density at radius 2 is 2.07 bits per heavy atom. The van der Waals surface area contributed by atoms with Gasteiger partial charge in [0.15, 0.2) is 0 Å². The molecule has 3 nitrogen and oxygen atoms in total. The molecule has 4 heteroatoms. The number of hydrogen-bond donors (Lipinski definition) is 3. The minimum Gasteiger partial charge on any atom is -0.506 e. The van der Waals surface area contributed by atoms with Crippen LogP contribution in [0.25, 0.3) is 10.1 Å². The Balaban J connectivity index is 2.62. The third kappa shape index (κ3) is 1.37. The molecule has 1 aromatic carbocycles. The molecule has 14 heavy (non-hydrogen) atoms. The van der Waals surface area contributed by atoms with Gasteiger partial charge in [-0.3, -0.25) is 0 Å². The lowest BCUT2D eigenvalue weighted by Crippen LogP contribution is -2.10. The second-order valence-electron chi connectivity index (χ2n) is 3.06. The van der Waals surface area contributed by atoms with Crippen LogP contribution in [0.4, 0.5) is 0 Å². The zero-order valence-corrected chi connectivity index (χ0v) is 8.29. The average Bonchev–Trinajstić information content (AvgIpc) is 2.56. The van der Waals surface area contributed by atoms with E-state index in [1.165, 1.54) is 11.3 Å². The monoisotopic (exact) mass is 209 g/mol. The average molecular weight is 209 g/mol. The fraction of sp³-hybridized carbons (Fsp3) is 0.200. The van der Waals surface area contributed by atoms with E-state index in [0.717, 1.165) is 10.1 Å². The number of fused-ring (bicyclic) bond motifs is 1. The highest BCUT2D eigenvalue weighted by molar-refractivity contribution is 7.19. The molecule has 4 N–H and O–H groups in total. The van der Waals surface area contributed by atoms with Crippen LogP contribution >= 0.6 is 11.3 Å². The molecule has 0 aliphatic carbocycles. The Bertz CT molecular complexity index is 452. The molecule has 2 aromatic rings. The van der Waals surface area contributed by atoms with E-state index in [1.807, 2.05) is 24.3 Å². The summed E-state index contributed by atoms with van der Waals surface area (Å²) in [5, 5.41) is 20.1. The number of benzene rings is 1. The molecule has 0 bridgehead atoms. The number of aliphatic hydroxyl groups is 1. The zero-order chi connectivity index (χ0) is 10.1. The van der Waals surface area contributed by atoms with Crippen molar-refractivity contribution in [3.05, 3.63) is 29.1 Å². The summed E-state index contributed by atoms with van der Waals surface area (Å²) in [6, 6.07) is 7.49. The molecule has 0 radical (unpaired) electrons. The molecular formula is C10H11NO2S. The highest BCUT2D eigenvalue weighted by atomic mass is 32.1. The van der Waals surface area contributed by atoms with Crippen molar-refractivity contribution in [2.75, 3.05) is 6.54 Å². The number of aromatic hydroxyl groups is 1. The van der Waals surface area contributed by atoms with E-state index in [4.69, 9.17) is 5.73 Å². The van der Waals surface area contributed by atoms with E-state index in [1.54, 1.807) is 0 Å². The van der Waals surface area contributed by atoms with E-state index < -0.39 is 6.10 Å². The Morgan fingerprint density at radius 1 is 1.36 bits per heavy atom. The first-order valence-electron chi connectivity index (χ1n) is 4.32. The quantitative estimate of drug-likeness (QED) is 0.703. The maximum Gasteiger partial charge on any atom is 0.140 e. The van der Waals surface area contributed by atoms with Crippen molar-refractivity contribution in [2.45, 2.75) is 6.10 Å². The molecule has 0 amide bonds. The van der Waals surface area contributed by atoms with E-state index in [-0.39, 0.29) is 12.3 Å². The molecule has 0 fully saturated rings. The summed E-state index contributed by atoms with van der Waals surface area (Å²) in [6.07, 6.45) is -0.771. The van der Waals surface area contributed by atoms with Gasteiger partial charge in [-0.15, -0.1) is 11.3 Å². The normalized spacial score (nSPS) is 13.3. The second-order valence-corrected chi connectivity index (χ2v) is 4.15. The molecule has 74 valence electrons. The van der Waals surface area contributed by atoms with Crippen LogP contribution in [-0.2, 0) is 0 Å². The van der Waals surface area contributed by atoms with Gasteiger partial charge in [0.1, 0.15) is 11.9 Å². The van der Waals surface area contributed by atoms with Gasteiger partial charge >= 0.3 is 0 Å². The molecule has 1 aromatic heterocycles. The van der Waals surface area contributed by atoms with Crippen molar-refractivity contribution in [2.24, 2.45) is 5.73 Å². The SMILES string of the molecule is NCC(O)c1sc2ccccc2c1O. The summed E-state index contributed by atoms with van der Waals surface area (Å²) >= 11 is 1.38. The minimum atomic E-state index is -0.771. The van der Waals surface area contributed by atoms with Gasteiger partial charge in [-0.2, -0.15) is 0 Å². The van der Waals surface area contributed by atoms with Gasteiger partial charge in [-0.05, 0) is 12.1 Å². The molecule has 0 aliphatic rings. The van der Waals surface area contributed by atoms with Crippen LogP contribution in [0, 0.1) is 0 Å². The molecule has 0 spiro atoms. The minimum absolute atomic E-state index is 0.125. The highest BCUT2D eigenvalue weighted by Gasteiger charge is 2.16. The summed E-state index contributed by atoms with van der Waals surface area (Å²) < 4.78 is 0.965. The van der Waals surface area contributed by atoms with Crippen LogP contribution in [0.1, 0.15) is 11.0 Å². The summed E-state index contributed by atoms with van der Waals surface area (Å²) in [7, 11) is 0. The van der Waals surface area contributed by atoms with Crippen LogP contribution in [0.3, 0.4) is 0 Å². The maximum atomic E-state index is 9.79. The molecule has 1 atom stereocenters. The van der Waals surface area contributed by atoms with Crippen molar-refractivity contribution in [1.82, 2.24) is 0 Å². The van der Waals surface area contributed by atoms with Crippen molar-refractivity contribution < 1.29 is 10.2 Å². The van der Waals surface area contributed by atoms with Gasteiger partial charge in [-0.25, -0.2) is 0 Å². The largest absolute Gasteiger partial charge is 0.506 e. The molecule has 0 saturated heterocycles. The first-order valence-corrected chi connectivity index (χ1v) is 5.14. The Morgan fingerprint density at radius 3 is 2.71 bits per heavy atom. The van der Waals surface area contributed by atoms with Gasteiger partial charge in [0.05, 0.1) is 4.88 Å². The number of hydrogen-bond acceptors (Lipinski definition) is 4. The van der Waals surface area contributed by atoms with Gasteiger partial charge < -0.3 is 15.9 Å². The number of rotatable bonds is 2. The molecule has 0 saturated carbocycles. The summed E-state index contributed by atoms with van der Waals surface area (Å²) in [6.45, 7) is 0.125. The lowest BCUT2D eigenvalue weighted by Gasteiger charge is -2.04. The fourth-order valence-corrected chi connectivity index (χ4v) is 2.48. The number of thiophene rings is 1. The first kappa shape index (κ1) is 9.45. The standard InChI is InChI=1S/C10H11NO2S/c11-5-7(12)10-9(13)6-3-1-2-4-8(6)14-10/h1-4,7,12-13H,5,11H2. The third-order valence-corrected chi connectivity index (χ3v) is 3.38. The van der Waals surface area contributed by atoms with Gasteiger partial charge in [0.25, 0.3) is 0 Å². The Labute approximate surface area is 85.4 Å². The van der Waals surface area contributed by atoms with Gasteiger partial charge in [0.2, 0.25) is 0 Å². The third-order valence-electron chi connectivity index (χ3n) is 2.12. The summed E-state index contributed by atoms with van der Waals surface area (Å²) in [5.41, 5.74) is 5.34. The predicted octanol–water partition coefficient (Wildman–Crippen LogP) is 1.60. The predicted molar refractivity (Wildman–Crippen MR) is 57.5 cm³/mol. The van der Waals surface area contributed by atoms with Crippen LogP contribution in [0.5, 0.6) is 5.75 Å². The fourth-order valence-electron chi connectivity index (χ4n) is 1.38. The Hall–Kier alpha value is -1.10. The second kappa shape index (κ2) is 3.57. The maximum absolute atomic E-state index is 9.79. The van der Waals surface area contributed by atoms with Crippen molar-refractivity contribution in [3.63, 3.8) is 0 Å². The molecule has 2 rings (SSSR count). The molecule has 1 unspecified atom stereocenters. The lowest BCUT2D eigenvalue weighted by atomic mass is 10.2. The smallest absolute Gasteiger partial charge is 0.140 e. The lowest BCUT2D eigenvalue weighted by molar-refractivity contribution is 0.187.